The van der Waals surface area contributed by atoms with Crippen molar-refractivity contribution in [3.63, 3.8) is 0 Å². The molecule has 4 heteroatoms. The number of esters is 1. The van der Waals surface area contributed by atoms with Crippen LogP contribution in [0.25, 0.3) is 0 Å². The first-order valence-corrected chi connectivity index (χ1v) is 13.6. The number of hydrogen-bond donors (Lipinski definition) is 0. The first-order chi connectivity index (χ1) is 11.7. The molecular formula is C20H38O3Sn. The molecule has 0 bridgehead atoms. The summed E-state index contributed by atoms with van der Waals surface area (Å²) >= 11 is -0.910. The average Bonchev–Trinajstić information content (AvgIpc) is 2.58. The minimum absolute atomic E-state index is 0.184. The van der Waals surface area contributed by atoms with Crippen LogP contribution in [-0.2, 0) is 14.3 Å². The molecule has 0 N–H and O–H groups in total. The molecule has 24 heavy (non-hydrogen) atoms. The summed E-state index contributed by atoms with van der Waals surface area (Å²) in [6, 6.07) is 0. The molecule has 0 aliphatic carbocycles. The maximum absolute atomic E-state index is 11.8. The fourth-order valence-corrected chi connectivity index (χ4v) is 5.45. The summed E-state index contributed by atoms with van der Waals surface area (Å²) < 4.78 is 6.73. The third kappa shape index (κ3) is 18.3. The number of rotatable bonds is 18. The molecule has 0 spiro atoms. The van der Waals surface area contributed by atoms with E-state index in [1.165, 1.54) is 64.2 Å². The molecule has 0 heterocycles. The Balaban J connectivity index is 3.34. The molecule has 140 valence electrons. The average molecular weight is 445 g/mol. The van der Waals surface area contributed by atoms with E-state index < -0.39 is 21.1 Å². The van der Waals surface area contributed by atoms with E-state index in [9.17, 15) is 9.59 Å². The summed E-state index contributed by atoms with van der Waals surface area (Å²) in [6.45, 7) is 4.96. The Morgan fingerprint density at radius 3 is 1.88 bits per heavy atom. The van der Waals surface area contributed by atoms with E-state index in [1.54, 1.807) is 0 Å². The van der Waals surface area contributed by atoms with Gasteiger partial charge in [-0.2, -0.15) is 0 Å². The van der Waals surface area contributed by atoms with Gasteiger partial charge in [0.25, 0.3) is 0 Å². The summed E-state index contributed by atoms with van der Waals surface area (Å²) in [7, 11) is 0. The van der Waals surface area contributed by atoms with Gasteiger partial charge >= 0.3 is 153 Å². The van der Waals surface area contributed by atoms with Crippen molar-refractivity contribution in [3.8, 4) is 0 Å². The number of carbonyl (C=O) groups is 2. The molecule has 0 aromatic carbocycles. The Morgan fingerprint density at radius 1 is 0.708 bits per heavy atom. The van der Waals surface area contributed by atoms with Crippen molar-refractivity contribution in [3.05, 3.63) is 0 Å². The molecule has 0 aliphatic heterocycles. The molecule has 3 nitrogen and oxygen atoms in total. The van der Waals surface area contributed by atoms with Crippen molar-refractivity contribution in [2.45, 2.75) is 108 Å². The van der Waals surface area contributed by atoms with Crippen LogP contribution >= 0.6 is 0 Å². The third-order valence-electron chi connectivity index (χ3n) is 4.17. The van der Waals surface area contributed by atoms with Crippen molar-refractivity contribution in [1.29, 1.82) is 0 Å². The van der Waals surface area contributed by atoms with Crippen LogP contribution in [0, 0.1) is 0 Å². The second-order valence-corrected chi connectivity index (χ2v) is 10.6. The van der Waals surface area contributed by atoms with Gasteiger partial charge in [0.15, 0.2) is 0 Å². The van der Waals surface area contributed by atoms with Crippen LogP contribution < -0.4 is 0 Å². The predicted molar refractivity (Wildman–Crippen MR) is 103 cm³/mol. The molecule has 0 unspecified atom stereocenters. The molecule has 0 rings (SSSR count). The van der Waals surface area contributed by atoms with E-state index in [4.69, 9.17) is 4.74 Å². The summed E-state index contributed by atoms with van der Waals surface area (Å²) in [6.07, 6.45) is 15.6. The van der Waals surface area contributed by atoms with Crippen molar-refractivity contribution in [1.82, 2.24) is 0 Å². The molecule has 0 aromatic heterocycles. The Labute approximate surface area is 159 Å². The van der Waals surface area contributed by atoms with Crippen molar-refractivity contribution in [2.75, 3.05) is 6.61 Å². The zero-order valence-corrected chi connectivity index (χ0v) is 18.9. The topological polar surface area (TPSA) is 43.4 Å². The monoisotopic (exact) mass is 446 g/mol. The van der Waals surface area contributed by atoms with Gasteiger partial charge in [-0.05, 0) is 0 Å². The normalized spacial score (nSPS) is 10.8. The Morgan fingerprint density at radius 2 is 1.25 bits per heavy atom. The summed E-state index contributed by atoms with van der Waals surface area (Å²) in [4.78, 5) is 23.4. The predicted octanol–water partition coefficient (Wildman–Crippen LogP) is 5.68. The molecule has 0 saturated heterocycles. The van der Waals surface area contributed by atoms with Crippen LogP contribution in [0.2, 0.25) is 4.44 Å². The van der Waals surface area contributed by atoms with Crippen molar-refractivity contribution in [2.24, 2.45) is 0 Å². The van der Waals surface area contributed by atoms with Gasteiger partial charge in [-0.3, -0.25) is 0 Å². The van der Waals surface area contributed by atoms with Crippen LogP contribution in [0.1, 0.15) is 104 Å². The van der Waals surface area contributed by atoms with Gasteiger partial charge in [0.1, 0.15) is 0 Å². The first kappa shape index (κ1) is 23.9. The molecule has 0 fully saturated rings. The fraction of sp³-hybridized carbons (Fsp3) is 0.900. The summed E-state index contributed by atoms with van der Waals surface area (Å²) in [5.74, 6) is -0.184. The van der Waals surface area contributed by atoms with E-state index >= 15 is 0 Å². The fourth-order valence-electron chi connectivity index (χ4n) is 2.58. The van der Waals surface area contributed by atoms with E-state index in [0.717, 1.165) is 17.3 Å². The molecule has 0 aromatic rings. The van der Waals surface area contributed by atoms with Crippen molar-refractivity contribution < 1.29 is 14.3 Å². The Kier molecular flexibility index (Phi) is 19.2. The number of hydrogen-bond acceptors (Lipinski definition) is 3. The molecule has 0 saturated carbocycles. The Hall–Kier alpha value is -0.0613. The Bertz CT molecular complexity index is 275. The van der Waals surface area contributed by atoms with Gasteiger partial charge < -0.3 is 0 Å². The van der Waals surface area contributed by atoms with Gasteiger partial charge in [0.2, 0.25) is 0 Å². The summed E-state index contributed by atoms with van der Waals surface area (Å²) in [5.41, 5.74) is 0. The van der Waals surface area contributed by atoms with Gasteiger partial charge in [-0.1, -0.05) is 6.92 Å². The molecular weight excluding hydrogens is 407 g/mol. The zero-order chi connectivity index (χ0) is 17.9. The van der Waals surface area contributed by atoms with E-state index in [-0.39, 0.29) is 5.97 Å². The first-order valence-electron chi connectivity index (χ1n) is 10.1. The number of carbonyl (C=O) groups excluding carboxylic acids is 2. The van der Waals surface area contributed by atoms with Crippen molar-refractivity contribution >= 4 is 30.9 Å². The van der Waals surface area contributed by atoms with Crippen LogP contribution in [0.4, 0.5) is 0 Å². The van der Waals surface area contributed by atoms with Crippen LogP contribution in [0.3, 0.4) is 0 Å². The van der Waals surface area contributed by atoms with Gasteiger partial charge in [0.05, 0.1) is 0 Å². The maximum atomic E-state index is 11.8. The van der Waals surface area contributed by atoms with Gasteiger partial charge in [-0.15, -0.1) is 0 Å². The van der Waals surface area contributed by atoms with E-state index in [1.807, 2.05) is 0 Å². The second kappa shape index (κ2) is 19.3. The van der Waals surface area contributed by atoms with E-state index in [0.29, 0.717) is 23.2 Å². The third-order valence-corrected chi connectivity index (χ3v) is 7.73. The molecule has 0 amide bonds. The standard InChI is InChI=1S/C12H21O3.C8H17.Sn/c1-2-3-4-5-6-7-11-15-12(14)9-8-10-13;1-3-5-7-8-6-4-2;/h2-9,11H2,1H3;1,3-8H2,2H3;. The van der Waals surface area contributed by atoms with Gasteiger partial charge in [0, 0.05) is 0 Å². The number of unbranched alkanes of at least 4 members (excludes halogenated alkanes) is 10. The molecule has 0 aliphatic rings. The zero-order valence-electron chi connectivity index (χ0n) is 16.0. The summed E-state index contributed by atoms with van der Waals surface area (Å²) in [5, 5.41) is 0. The quantitative estimate of drug-likeness (QED) is 0.155. The molecule has 0 atom stereocenters. The van der Waals surface area contributed by atoms with Crippen LogP contribution in [0.5, 0.6) is 0 Å². The second-order valence-electron chi connectivity index (χ2n) is 6.61. The van der Waals surface area contributed by atoms with Crippen LogP contribution in [0.15, 0.2) is 0 Å². The van der Waals surface area contributed by atoms with E-state index in [2.05, 4.69) is 13.8 Å². The number of ether oxygens (including phenoxy) is 1. The van der Waals surface area contributed by atoms with Gasteiger partial charge in [-0.25, -0.2) is 0 Å². The molecule has 2 radical (unpaired) electrons. The van der Waals surface area contributed by atoms with Crippen LogP contribution in [-0.4, -0.2) is 37.5 Å². The minimum atomic E-state index is -0.910. The SMILES string of the molecule is CCCCCCCCOC(=O)CC[C](=O)[Sn][CH2]CCCCCCC.